The molecule has 7 rings (SSSR count). The third-order valence-electron chi connectivity index (χ3n) is 13.4. The van der Waals surface area contributed by atoms with Gasteiger partial charge >= 0.3 is 0 Å². The highest BCUT2D eigenvalue weighted by atomic mass is 32.1. The van der Waals surface area contributed by atoms with Gasteiger partial charge in [0, 0.05) is 43.2 Å². The lowest BCUT2D eigenvalue weighted by Gasteiger charge is -2.48. The van der Waals surface area contributed by atoms with Crippen LogP contribution in [-0.2, 0) is 9.59 Å². The lowest BCUT2D eigenvalue weighted by atomic mass is 9.55. The molecule has 4 heteroatoms. The average Bonchev–Trinajstić information content (AvgIpc) is 3.59. The molecule has 0 radical (unpaired) electrons. The highest BCUT2D eigenvalue weighted by Gasteiger charge is 2.66. The molecule has 2 aromatic rings. The van der Waals surface area contributed by atoms with E-state index in [4.69, 9.17) is 0 Å². The highest BCUT2D eigenvalue weighted by Crippen LogP contribution is 2.66. The lowest BCUT2D eigenvalue weighted by molar-refractivity contribution is -0.134. The van der Waals surface area contributed by atoms with Crippen LogP contribution in [0, 0.1) is 99.7 Å². The number of rotatable bonds is 2. The maximum atomic E-state index is 14.4. The summed E-state index contributed by atoms with van der Waals surface area (Å²) in [7, 11) is 0. The van der Waals surface area contributed by atoms with E-state index in [1.54, 1.807) is 4.88 Å². The molecule has 5 fully saturated rings. The minimum Gasteiger partial charge on any atom is -0.299 e. The van der Waals surface area contributed by atoms with Crippen molar-refractivity contribution in [1.82, 2.24) is 0 Å². The molecule has 0 bridgehead atoms. The summed E-state index contributed by atoms with van der Waals surface area (Å²) >= 11 is 3.98. The molecule has 2 heterocycles. The molecule has 5 aliphatic rings. The summed E-state index contributed by atoms with van der Waals surface area (Å²) in [6.45, 7) is 18.5. The zero-order chi connectivity index (χ0) is 28.4. The second-order valence-corrected chi connectivity index (χ2v) is 17.3. The number of thiophene rings is 2. The Kier molecular flexibility index (Phi) is 6.64. The van der Waals surface area contributed by atoms with Crippen LogP contribution in [0.3, 0.4) is 0 Å². The van der Waals surface area contributed by atoms with Gasteiger partial charge in [-0.25, -0.2) is 0 Å². The summed E-state index contributed by atoms with van der Waals surface area (Å²) in [5.41, 5.74) is 5.79. The van der Waals surface area contributed by atoms with Crippen molar-refractivity contribution in [3.63, 3.8) is 0 Å². The van der Waals surface area contributed by atoms with Gasteiger partial charge in [0.15, 0.2) is 0 Å². The largest absolute Gasteiger partial charge is 0.299 e. The molecular formula is C36H48O2S2. The number of carbonyl (C=O) groups is 2. The van der Waals surface area contributed by atoms with Crippen LogP contribution in [-0.4, -0.2) is 11.6 Å². The van der Waals surface area contributed by atoms with Crippen molar-refractivity contribution in [1.29, 1.82) is 0 Å². The number of carbonyl (C=O) groups excluding carboxylic acids is 2. The van der Waals surface area contributed by atoms with Crippen LogP contribution in [0.15, 0.2) is 0 Å². The van der Waals surface area contributed by atoms with Crippen molar-refractivity contribution in [3.05, 3.63) is 32.0 Å². The maximum absolute atomic E-state index is 14.4. The van der Waals surface area contributed by atoms with E-state index >= 15 is 0 Å². The molecule has 0 N–H and O–H groups in total. The fraction of sp³-hybridized carbons (Fsp3) is 0.722. The molecule has 2 aromatic heterocycles. The van der Waals surface area contributed by atoms with E-state index in [-0.39, 0.29) is 23.7 Å². The minimum absolute atomic E-state index is 0.192. The van der Waals surface area contributed by atoms with Gasteiger partial charge in [-0.2, -0.15) is 0 Å². The molecule has 0 aromatic carbocycles. The van der Waals surface area contributed by atoms with Crippen LogP contribution in [0.5, 0.6) is 0 Å². The van der Waals surface area contributed by atoms with Crippen molar-refractivity contribution in [2.24, 2.45) is 65.1 Å². The van der Waals surface area contributed by atoms with E-state index in [1.165, 1.54) is 56.1 Å². The van der Waals surface area contributed by atoms with E-state index < -0.39 is 0 Å². The van der Waals surface area contributed by atoms with Gasteiger partial charge in [0.25, 0.3) is 0 Å². The van der Waals surface area contributed by atoms with Gasteiger partial charge in [-0.3, -0.25) is 9.59 Å². The number of Topliss-reactive ketones (excluding diaryl/α,β-unsaturated/α-hetero) is 2. The maximum Gasteiger partial charge on any atom is 0.139 e. The van der Waals surface area contributed by atoms with E-state index in [9.17, 15) is 9.59 Å². The Hall–Kier alpha value is -1.26. The average molecular weight is 577 g/mol. The standard InChI is InChI=1S/C36H48O2S2/c1-15-9-11-24-26(13-15)32(37)30-21(7)29-25-12-10-23(14-27(25)33(38)31(29)20(6)28(24)30)34-18(4)19(5)36(40-34)35-17(3)16(2)22(8)39-35/h15,20-21,23-31H,9-14H2,1-8H3. The smallest absolute Gasteiger partial charge is 0.139 e. The molecular weight excluding hydrogens is 529 g/mol. The van der Waals surface area contributed by atoms with E-state index in [0.717, 1.165) is 19.3 Å². The van der Waals surface area contributed by atoms with Gasteiger partial charge in [0.2, 0.25) is 0 Å². The quantitative estimate of drug-likeness (QED) is 0.357. The predicted molar refractivity (Wildman–Crippen MR) is 167 cm³/mol. The highest BCUT2D eigenvalue weighted by molar-refractivity contribution is 7.22. The summed E-state index contributed by atoms with van der Waals surface area (Å²) < 4.78 is 0. The number of ketones is 2. The molecule has 0 amide bonds. The van der Waals surface area contributed by atoms with Crippen molar-refractivity contribution < 1.29 is 9.59 Å². The van der Waals surface area contributed by atoms with Crippen molar-refractivity contribution in [2.45, 2.75) is 99.8 Å². The Morgan fingerprint density at radius 3 is 1.70 bits per heavy atom. The zero-order valence-corrected chi connectivity index (χ0v) is 27.4. The topological polar surface area (TPSA) is 34.1 Å². The predicted octanol–water partition coefficient (Wildman–Crippen LogP) is 9.49. The van der Waals surface area contributed by atoms with Crippen LogP contribution >= 0.6 is 22.7 Å². The van der Waals surface area contributed by atoms with Crippen LogP contribution in [0.1, 0.15) is 97.2 Å². The van der Waals surface area contributed by atoms with Crippen LogP contribution in [0.2, 0.25) is 0 Å². The van der Waals surface area contributed by atoms with Gasteiger partial charge in [-0.05, 0) is 136 Å². The first-order valence-corrected chi connectivity index (χ1v) is 17.9. The monoisotopic (exact) mass is 576 g/mol. The molecule has 2 nitrogen and oxygen atoms in total. The first-order valence-electron chi connectivity index (χ1n) is 16.2. The van der Waals surface area contributed by atoms with Gasteiger partial charge in [0.05, 0.1) is 0 Å². The third kappa shape index (κ3) is 3.69. The minimum atomic E-state index is 0.192. The van der Waals surface area contributed by atoms with Crippen LogP contribution in [0.4, 0.5) is 0 Å². The number of aryl methyl sites for hydroxylation is 1. The van der Waals surface area contributed by atoms with Gasteiger partial charge in [-0.1, -0.05) is 27.2 Å². The van der Waals surface area contributed by atoms with Gasteiger partial charge < -0.3 is 0 Å². The molecule has 0 aliphatic heterocycles. The Balaban J connectivity index is 1.17. The number of fused-ring (bicyclic) bond motifs is 6. The van der Waals surface area contributed by atoms with Crippen LogP contribution < -0.4 is 0 Å². The Morgan fingerprint density at radius 2 is 1.12 bits per heavy atom. The van der Waals surface area contributed by atoms with Gasteiger partial charge in [-0.15, -0.1) is 22.7 Å². The fourth-order valence-corrected chi connectivity index (χ4v) is 14.0. The van der Waals surface area contributed by atoms with Crippen molar-refractivity contribution in [2.75, 3.05) is 0 Å². The first-order chi connectivity index (χ1) is 19.0. The summed E-state index contributed by atoms with van der Waals surface area (Å²) in [5.74, 6) is 5.91. The molecule has 0 saturated heterocycles. The van der Waals surface area contributed by atoms with Crippen LogP contribution in [0.25, 0.3) is 9.75 Å². The molecule has 216 valence electrons. The molecule has 12 unspecified atom stereocenters. The third-order valence-corrected chi connectivity index (χ3v) is 16.4. The molecule has 5 aliphatic carbocycles. The van der Waals surface area contributed by atoms with Gasteiger partial charge in [0.1, 0.15) is 11.6 Å². The van der Waals surface area contributed by atoms with E-state index in [1.807, 2.05) is 22.7 Å². The number of hydrogen-bond donors (Lipinski definition) is 0. The van der Waals surface area contributed by atoms with E-state index in [2.05, 4.69) is 55.4 Å². The van der Waals surface area contributed by atoms with E-state index in [0.29, 0.717) is 58.9 Å². The summed E-state index contributed by atoms with van der Waals surface area (Å²) in [5, 5.41) is 0. The first kappa shape index (κ1) is 27.6. The fourth-order valence-electron chi connectivity index (χ4n) is 11.1. The Morgan fingerprint density at radius 1 is 0.600 bits per heavy atom. The zero-order valence-electron chi connectivity index (χ0n) is 25.8. The SMILES string of the molecule is Cc1sc(-c2sc(C3CCC4C(C3)C(=O)C3C(C)C5C6CCC(C)CC6C(=O)C5C(C)C43)c(C)c2C)c(C)c1C. The summed E-state index contributed by atoms with van der Waals surface area (Å²) in [4.78, 5) is 34.2. The number of hydrogen-bond acceptors (Lipinski definition) is 4. The summed E-state index contributed by atoms with van der Waals surface area (Å²) in [6.07, 6.45) is 6.96. The second-order valence-electron chi connectivity index (χ2n) is 15.0. The van der Waals surface area contributed by atoms with Crippen molar-refractivity contribution >= 4 is 34.2 Å². The van der Waals surface area contributed by atoms with Crippen molar-refractivity contribution in [3.8, 4) is 9.75 Å². The second kappa shape index (κ2) is 9.63. The lowest BCUT2D eigenvalue weighted by Crippen LogP contribution is -2.46. The molecule has 0 spiro atoms. The molecule has 12 atom stereocenters. The molecule has 40 heavy (non-hydrogen) atoms. The molecule has 5 saturated carbocycles. The normalized spacial score (nSPS) is 42.5. The summed E-state index contributed by atoms with van der Waals surface area (Å²) in [6, 6.07) is 0. The Bertz CT molecular complexity index is 1380. The Labute approximate surface area is 249 Å².